The summed E-state index contributed by atoms with van der Waals surface area (Å²) in [4.78, 5) is 2.56. The summed E-state index contributed by atoms with van der Waals surface area (Å²) in [7, 11) is -3.21. The van der Waals surface area contributed by atoms with E-state index in [1.54, 1.807) is 12.1 Å². The Morgan fingerprint density at radius 3 is 1.37 bits per heavy atom. The van der Waals surface area contributed by atoms with Crippen LogP contribution in [-0.2, 0) is 16.3 Å². The van der Waals surface area contributed by atoms with Crippen molar-refractivity contribution >= 4 is 9.84 Å². The van der Waals surface area contributed by atoms with Crippen molar-refractivity contribution in [1.29, 1.82) is 0 Å². The van der Waals surface area contributed by atoms with Crippen molar-refractivity contribution in [3.8, 4) is 45.9 Å². The Balaban J connectivity index is 1.26. The van der Waals surface area contributed by atoms with Gasteiger partial charge in [0.2, 0.25) is 0 Å². The maximum Gasteiger partial charge on any atom is 0.175 e. The highest BCUT2D eigenvalue weighted by Gasteiger charge is 2.07. The van der Waals surface area contributed by atoms with E-state index >= 15 is 0 Å². The first-order valence-corrected chi connectivity index (χ1v) is 16.1. The summed E-state index contributed by atoms with van der Waals surface area (Å²) in [6.45, 7) is 1.90. The molecule has 43 heavy (non-hydrogen) atoms. The summed E-state index contributed by atoms with van der Waals surface area (Å²) >= 11 is 0. The molecule has 5 aromatic carbocycles. The summed E-state index contributed by atoms with van der Waals surface area (Å²) in [5.74, 6) is 13.3. The summed E-state index contributed by atoms with van der Waals surface area (Å²) in [5, 5.41) is 0. The van der Waals surface area contributed by atoms with Crippen LogP contribution in [0.1, 0.15) is 16.7 Å². The smallest absolute Gasteiger partial charge is 0.175 e. The van der Waals surface area contributed by atoms with E-state index in [0.29, 0.717) is 18.0 Å². The quantitative estimate of drug-likeness (QED) is 0.180. The molecule has 0 atom stereocenters. The molecule has 5 rings (SSSR count). The van der Waals surface area contributed by atoms with Crippen molar-refractivity contribution in [2.24, 2.45) is 0 Å². The first-order valence-electron chi connectivity index (χ1n) is 14.2. The molecule has 0 unspecified atom stereocenters. The third-order valence-corrected chi connectivity index (χ3v) is 8.25. The van der Waals surface area contributed by atoms with Crippen LogP contribution in [0.25, 0.3) is 22.3 Å². The van der Waals surface area contributed by atoms with E-state index in [4.69, 9.17) is 0 Å². The van der Waals surface area contributed by atoms with Crippen LogP contribution in [0.4, 0.5) is 0 Å². The van der Waals surface area contributed by atoms with E-state index in [1.807, 2.05) is 48.5 Å². The maximum atomic E-state index is 11.8. The predicted molar refractivity (Wildman–Crippen MR) is 177 cm³/mol. The lowest BCUT2D eigenvalue weighted by Crippen LogP contribution is -2.27. The average molecular weight is 580 g/mol. The molecule has 0 saturated carbocycles. The molecule has 0 bridgehead atoms. The van der Waals surface area contributed by atoms with Crippen LogP contribution in [0.2, 0.25) is 0 Å². The third kappa shape index (κ3) is 8.81. The zero-order valence-corrected chi connectivity index (χ0v) is 25.0. The standard InChI is InChI=1S/C39H33NO2S/c1-43(41,42)39-26-20-34(21-27-39)28-31-40(29-8-10-32-16-22-37(23-17-32)35-12-4-2-5-13-35)30-9-11-33-18-24-38(25-19-33)36-14-6-3-7-15-36/h2-7,12-27H,28-31H2,1H3. The fourth-order valence-corrected chi connectivity index (χ4v) is 5.30. The van der Waals surface area contributed by atoms with Crippen LogP contribution in [0.3, 0.4) is 0 Å². The number of hydrogen-bond donors (Lipinski definition) is 0. The Kier molecular flexibility index (Phi) is 9.88. The van der Waals surface area contributed by atoms with Gasteiger partial charge in [-0.1, -0.05) is 121 Å². The molecule has 0 aliphatic rings. The van der Waals surface area contributed by atoms with Gasteiger partial charge in [-0.2, -0.15) is 0 Å². The fraction of sp³-hybridized carbons (Fsp3) is 0.128. The lowest BCUT2D eigenvalue weighted by molar-refractivity contribution is 0.349. The number of benzene rings is 5. The van der Waals surface area contributed by atoms with E-state index in [-0.39, 0.29) is 0 Å². The van der Waals surface area contributed by atoms with Crippen LogP contribution in [0.5, 0.6) is 0 Å². The third-order valence-electron chi connectivity index (χ3n) is 7.12. The molecule has 0 radical (unpaired) electrons. The molecule has 0 aliphatic carbocycles. The topological polar surface area (TPSA) is 37.4 Å². The minimum Gasteiger partial charge on any atom is -0.281 e. The van der Waals surface area contributed by atoms with Crippen molar-refractivity contribution in [3.63, 3.8) is 0 Å². The van der Waals surface area contributed by atoms with Gasteiger partial charge in [0.05, 0.1) is 18.0 Å². The van der Waals surface area contributed by atoms with Gasteiger partial charge in [0, 0.05) is 23.9 Å². The van der Waals surface area contributed by atoms with E-state index in [2.05, 4.69) is 101 Å². The van der Waals surface area contributed by atoms with Gasteiger partial charge in [0.1, 0.15) is 0 Å². The zero-order valence-electron chi connectivity index (χ0n) is 24.2. The number of hydrogen-bond acceptors (Lipinski definition) is 3. The molecule has 0 aliphatic heterocycles. The Morgan fingerprint density at radius 1 is 0.535 bits per heavy atom. The lowest BCUT2D eigenvalue weighted by atomic mass is 10.0. The van der Waals surface area contributed by atoms with E-state index < -0.39 is 9.84 Å². The van der Waals surface area contributed by atoms with Crippen molar-refractivity contribution in [2.45, 2.75) is 11.3 Å². The van der Waals surface area contributed by atoms with Crippen molar-refractivity contribution < 1.29 is 8.42 Å². The molecule has 5 aromatic rings. The molecule has 0 aromatic heterocycles. The van der Waals surface area contributed by atoms with E-state index in [1.165, 1.54) is 28.5 Å². The molecule has 0 fully saturated rings. The highest BCUT2D eigenvalue weighted by atomic mass is 32.2. The summed E-state index contributed by atoms with van der Waals surface area (Å²) in [5.41, 5.74) is 7.73. The Labute approximate surface area is 255 Å². The van der Waals surface area contributed by atoms with Crippen LogP contribution in [-0.4, -0.2) is 39.2 Å². The van der Waals surface area contributed by atoms with Crippen molar-refractivity contribution in [3.05, 3.63) is 150 Å². The highest BCUT2D eigenvalue weighted by Crippen LogP contribution is 2.20. The molecule has 0 heterocycles. The second kappa shape index (κ2) is 14.3. The van der Waals surface area contributed by atoms with Gasteiger partial charge in [-0.3, -0.25) is 4.90 Å². The Morgan fingerprint density at radius 2 is 0.953 bits per heavy atom. The minimum atomic E-state index is -3.21. The molecule has 0 amide bonds. The molecular weight excluding hydrogens is 547 g/mol. The summed E-state index contributed by atoms with van der Waals surface area (Å²) in [6.07, 6.45) is 2.00. The molecule has 4 heteroatoms. The molecule has 3 nitrogen and oxygen atoms in total. The van der Waals surface area contributed by atoms with Gasteiger partial charge >= 0.3 is 0 Å². The highest BCUT2D eigenvalue weighted by molar-refractivity contribution is 7.90. The normalized spacial score (nSPS) is 10.8. The molecule has 0 spiro atoms. The minimum absolute atomic E-state index is 0.335. The monoisotopic (exact) mass is 579 g/mol. The fourth-order valence-electron chi connectivity index (χ4n) is 4.66. The molecule has 0 N–H and O–H groups in total. The number of nitrogens with zero attached hydrogens (tertiary/aromatic N) is 1. The van der Waals surface area contributed by atoms with Crippen LogP contribution >= 0.6 is 0 Å². The summed E-state index contributed by atoms with van der Waals surface area (Å²) in [6, 6.07) is 44.4. The first-order chi connectivity index (χ1) is 20.9. The Hall–Kier alpha value is -4.87. The Bertz CT molecular complexity index is 1750. The average Bonchev–Trinajstić information content (AvgIpc) is 3.04. The zero-order chi connectivity index (χ0) is 29.9. The maximum absolute atomic E-state index is 11.8. The first kappa shape index (κ1) is 29.6. The SMILES string of the molecule is CS(=O)(=O)c1ccc(CCN(CC#Cc2ccc(-c3ccccc3)cc2)CC#Cc2ccc(-c3ccccc3)cc2)cc1. The van der Waals surface area contributed by atoms with Gasteiger partial charge in [-0.05, 0) is 70.6 Å². The van der Waals surface area contributed by atoms with Gasteiger partial charge in [-0.25, -0.2) is 8.42 Å². The van der Waals surface area contributed by atoms with Crippen molar-refractivity contribution in [1.82, 2.24) is 4.90 Å². The molecule has 212 valence electrons. The van der Waals surface area contributed by atoms with Crippen LogP contribution in [0, 0.1) is 23.7 Å². The largest absolute Gasteiger partial charge is 0.281 e. The second-order valence-electron chi connectivity index (χ2n) is 10.4. The van der Waals surface area contributed by atoms with E-state index in [9.17, 15) is 8.42 Å². The predicted octanol–water partition coefficient (Wildman–Crippen LogP) is 7.37. The van der Waals surface area contributed by atoms with Gasteiger partial charge in [0.15, 0.2) is 9.84 Å². The van der Waals surface area contributed by atoms with Crippen molar-refractivity contribution in [2.75, 3.05) is 25.9 Å². The lowest BCUT2D eigenvalue weighted by Gasteiger charge is -2.16. The molecule has 0 saturated heterocycles. The summed E-state index contributed by atoms with van der Waals surface area (Å²) < 4.78 is 23.6. The van der Waals surface area contributed by atoms with Gasteiger partial charge in [-0.15, -0.1) is 0 Å². The van der Waals surface area contributed by atoms with Gasteiger partial charge < -0.3 is 0 Å². The van der Waals surface area contributed by atoms with Crippen LogP contribution in [0.15, 0.2) is 138 Å². The number of sulfone groups is 1. The van der Waals surface area contributed by atoms with Gasteiger partial charge in [0.25, 0.3) is 0 Å². The molecular formula is C39H33NO2S. The second-order valence-corrected chi connectivity index (χ2v) is 12.4. The van der Waals surface area contributed by atoms with E-state index in [0.717, 1.165) is 29.7 Å². The number of rotatable bonds is 8. The van der Waals surface area contributed by atoms with Crippen LogP contribution < -0.4 is 0 Å².